The molecule has 1 aromatic carbocycles. The standard InChI is InChI=1S/C22H25ClN4O2/c1-15-13-18(20-21(24-15)27-10-5-3-4-9-19(27)25-20)22(28)26(2)11-12-29-17-8-6-7-16(23)14-17/h6-8,13-14H,3-5,9-12H2,1-2H3. The molecule has 0 N–H and O–H groups in total. The van der Waals surface area contributed by atoms with E-state index in [0.717, 1.165) is 43.0 Å². The second kappa shape index (κ2) is 8.41. The fraction of sp³-hybridized carbons (Fsp3) is 0.409. The van der Waals surface area contributed by atoms with E-state index in [1.807, 2.05) is 25.1 Å². The number of halogens is 1. The van der Waals surface area contributed by atoms with Crippen LogP contribution >= 0.6 is 11.6 Å². The number of ether oxygens (including phenoxy) is 1. The van der Waals surface area contributed by atoms with Crippen LogP contribution in [0.5, 0.6) is 5.75 Å². The molecule has 0 bridgehead atoms. The largest absolute Gasteiger partial charge is 0.492 e. The van der Waals surface area contributed by atoms with Crippen LogP contribution in [0.3, 0.4) is 0 Å². The third kappa shape index (κ3) is 4.22. The van der Waals surface area contributed by atoms with Gasteiger partial charge in [0, 0.05) is 30.7 Å². The summed E-state index contributed by atoms with van der Waals surface area (Å²) in [7, 11) is 1.78. The molecule has 4 rings (SSSR count). The van der Waals surface area contributed by atoms with E-state index in [-0.39, 0.29) is 5.91 Å². The summed E-state index contributed by atoms with van der Waals surface area (Å²) in [5.41, 5.74) is 2.98. The molecule has 29 heavy (non-hydrogen) atoms. The van der Waals surface area contributed by atoms with Crippen molar-refractivity contribution >= 4 is 28.7 Å². The first kappa shape index (κ1) is 19.7. The van der Waals surface area contributed by atoms with Crippen molar-refractivity contribution in [1.82, 2.24) is 19.4 Å². The summed E-state index contributed by atoms with van der Waals surface area (Å²) in [4.78, 5) is 24.3. The number of aromatic nitrogens is 3. The Kier molecular flexibility index (Phi) is 5.72. The molecule has 0 unspecified atom stereocenters. The van der Waals surface area contributed by atoms with Crippen molar-refractivity contribution in [3.8, 4) is 5.75 Å². The van der Waals surface area contributed by atoms with E-state index in [9.17, 15) is 4.79 Å². The molecule has 0 fully saturated rings. The van der Waals surface area contributed by atoms with E-state index < -0.39 is 0 Å². The number of carbonyl (C=O) groups excluding carboxylic acids is 1. The lowest BCUT2D eigenvalue weighted by atomic mass is 10.1. The van der Waals surface area contributed by atoms with Crippen molar-refractivity contribution in [2.75, 3.05) is 20.2 Å². The molecule has 0 atom stereocenters. The quantitative estimate of drug-likeness (QED) is 0.627. The van der Waals surface area contributed by atoms with Crippen LogP contribution in [-0.4, -0.2) is 45.5 Å². The minimum absolute atomic E-state index is 0.0662. The molecule has 0 saturated carbocycles. The zero-order valence-corrected chi connectivity index (χ0v) is 17.6. The van der Waals surface area contributed by atoms with E-state index in [1.165, 1.54) is 6.42 Å². The van der Waals surface area contributed by atoms with Gasteiger partial charge in [-0.1, -0.05) is 24.1 Å². The predicted molar refractivity (Wildman–Crippen MR) is 114 cm³/mol. The number of hydrogen-bond acceptors (Lipinski definition) is 4. The van der Waals surface area contributed by atoms with E-state index in [1.54, 1.807) is 24.1 Å². The Bertz CT molecular complexity index is 1050. The van der Waals surface area contributed by atoms with Crippen molar-refractivity contribution in [1.29, 1.82) is 0 Å². The van der Waals surface area contributed by atoms with Crippen LogP contribution in [-0.2, 0) is 13.0 Å². The minimum atomic E-state index is -0.0662. The van der Waals surface area contributed by atoms with Gasteiger partial charge >= 0.3 is 0 Å². The van der Waals surface area contributed by atoms with Gasteiger partial charge in [0.25, 0.3) is 5.91 Å². The van der Waals surface area contributed by atoms with E-state index in [4.69, 9.17) is 26.3 Å². The highest BCUT2D eigenvalue weighted by Crippen LogP contribution is 2.25. The number of nitrogens with zero attached hydrogens (tertiary/aromatic N) is 4. The first-order valence-electron chi connectivity index (χ1n) is 10.0. The summed E-state index contributed by atoms with van der Waals surface area (Å²) >= 11 is 5.98. The molecule has 1 aliphatic heterocycles. The fourth-order valence-corrected chi connectivity index (χ4v) is 3.92. The van der Waals surface area contributed by atoms with Gasteiger partial charge in [-0.2, -0.15) is 0 Å². The molecular formula is C22H25ClN4O2. The topological polar surface area (TPSA) is 60.3 Å². The highest BCUT2D eigenvalue weighted by molar-refractivity contribution is 6.30. The van der Waals surface area contributed by atoms with Crippen LogP contribution in [0.2, 0.25) is 5.02 Å². The Morgan fingerprint density at radius 1 is 1.24 bits per heavy atom. The van der Waals surface area contributed by atoms with E-state index >= 15 is 0 Å². The molecular weight excluding hydrogens is 388 g/mol. The number of fused-ring (bicyclic) bond motifs is 3. The molecule has 0 aliphatic carbocycles. The van der Waals surface area contributed by atoms with Crippen LogP contribution in [0.4, 0.5) is 0 Å². The van der Waals surface area contributed by atoms with Gasteiger partial charge in [-0.05, 0) is 44.0 Å². The fourth-order valence-electron chi connectivity index (χ4n) is 3.74. The summed E-state index contributed by atoms with van der Waals surface area (Å²) in [5.74, 6) is 1.67. The monoisotopic (exact) mass is 412 g/mol. The van der Waals surface area contributed by atoms with Gasteiger partial charge in [0.2, 0.25) is 0 Å². The molecule has 3 heterocycles. The van der Waals surface area contributed by atoms with Gasteiger partial charge in [0.05, 0.1) is 12.1 Å². The van der Waals surface area contributed by atoms with Crippen molar-refractivity contribution in [2.45, 2.75) is 39.2 Å². The maximum atomic E-state index is 13.2. The number of amides is 1. The van der Waals surface area contributed by atoms with Gasteiger partial charge < -0.3 is 14.2 Å². The average Bonchev–Trinajstić information content (AvgIpc) is 2.88. The summed E-state index contributed by atoms with van der Waals surface area (Å²) in [6.45, 7) is 3.69. The minimum Gasteiger partial charge on any atom is -0.492 e. The highest BCUT2D eigenvalue weighted by atomic mass is 35.5. The van der Waals surface area contributed by atoms with E-state index in [0.29, 0.717) is 35.0 Å². The number of likely N-dealkylation sites (N-methyl/N-ethyl adjacent to an activating group) is 1. The van der Waals surface area contributed by atoms with Gasteiger partial charge in [-0.25, -0.2) is 9.97 Å². The number of hydrogen-bond donors (Lipinski definition) is 0. The van der Waals surface area contributed by atoms with Gasteiger partial charge in [-0.3, -0.25) is 4.79 Å². The van der Waals surface area contributed by atoms with Crippen LogP contribution in [0.15, 0.2) is 30.3 Å². The Labute approximate surface area is 175 Å². The van der Waals surface area contributed by atoms with Crippen molar-refractivity contribution in [2.24, 2.45) is 0 Å². The number of carbonyl (C=O) groups is 1. The normalized spacial score (nSPS) is 13.8. The summed E-state index contributed by atoms with van der Waals surface area (Å²) in [6, 6.07) is 9.09. The lowest BCUT2D eigenvalue weighted by Gasteiger charge is -2.18. The molecule has 1 amide bonds. The zero-order valence-electron chi connectivity index (χ0n) is 16.8. The average molecular weight is 413 g/mol. The second-order valence-corrected chi connectivity index (χ2v) is 7.94. The van der Waals surface area contributed by atoms with Gasteiger partial charge in [-0.15, -0.1) is 0 Å². The molecule has 0 spiro atoms. The Balaban J connectivity index is 1.53. The summed E-state index contributed by atoms with van der Waals surface area (Å²) in [6.07, 6.45) is 4.40. The summed E-state index contributed by atoms with van der Waals surface area (Å²) in [5, 5.41) is 0.626. The maximum absolute atomic E-state index is 13.2. The smallest absolute Gasteiger partial charge is 0.256 e. The SMILES string of the molecule is Cc1cc(C(=O)N(C)CCOc2cccc(Cl)c2)c2nc3n(c2n1)CCCCC3. The molecule has 0 radical (unpaired) electrons. The number of benzene rings is 1. The van der Waals surface area contributed by atoms with Gasteiger partial charge in [0.1, 0.15) is 23.7 Å². The molecule has 0 saturated heterocycles. The molecule has 152 valence electrons. The lowest BCUT2D eigenvalue weighted by Crippen LogP contribution is -2.31. The Morgan fingerprint density at radius 3 is 2.93 bits per heavy atom. The predicted octanol–water partition coefficient (Wildman–Crippen LogP) is 4.27. The summed E-state index contributed by atoms with van der Waals surface area (Å²) < 4.78 is 7.91. The van der Waals surface area contributed by atoms with Crippen LogP contribution < -0.4 is 4.74 Å². The van der Waals surface area contributed by atoms with E-state index in [2.05, 4.69) is 4.57 Å². The highest BCUT2D eigenvalue weighted by Gasteiger charge is 2.22. The van der Waals surface area contributed by atoms with Crippen molar-refractivity contribution in [3.05, 3.63) is 52.4 Å². The molecule has 3 aromatic rings. The number of pyridine rings is 1. The molecule has 1 aliphatic rings. The maximum Gasteiger partial charge on any atom is 0.256 e. The van der Waals surface area contributed by atoms with Crippen LogP contribution in [0.25, 0.3) is 11.2 Å². The van der Waals surface area contributed by atoms with Crippen LogP contribution in [0.1, 0.15) is 41.1 Å². The number of aryl methyl sites for hydroxylation is 3. The third-order valence-electron chi connectivity index (χ3n) is 5.26. The third-order valence-corrected chi connectivity index (χ3v) is 5.50. The van der Waals surface area contributed by atoms with Gasteiger partial charge in [0.15, 0.2) is 5.65 Å². The van der Waals surface area contributed by atoms with Crippen molar-refractivity contribution < 1.29 is 9.53 Å². The second-order valence-electron chi connectivity index (χ2n) is 7.51. The number of imidazole rings is 1. The first-order chi connectivity index (χ1) is 14.0. The Hall–Kier alpha value is -2.60. The zero-order chi connectivity index (χ0) is 20.4. The number of rotatable bonds is 5. The molecule has 7 heteroatoms. The van der Waals surface area contributed by atoms with Crippen molar-refractivity contribution in [3.63, 3.8) is 0 Å². The molecule has 6 nitrogen and oxygen atoms in total. The molecule has 2 aromatic heterocycles. The van der Waals surface area contributed by atoms with Crippen LogP contribution in [0, 0.1) is 6.92 Å². The lowest BCUT2D eigenvalue weighted by molar-refractivity contribution is 0.0775. The first-order valence-corrected chi connectivity index (χ1v) is 10.4. The Morgan fingerprint density at radius 2 is 2.10 bits per heavy atom.